The van der Waals surface area contributed by atoms with Crippen molar-refractivity contribution in [3.8, 4) is 5.75 Å². The van der Waals surface area contributed by atoms with E-state index in [0.29, 0.717) is 59.7 Å². The van der Waals surface area contributed by atoms with Crippen molar-refractivity contribution in [2.24, 2.45) is 28.9 Å². The molecule has 1 aliphatic heterocycles. The summed E-state index contributed by atoms with van der Waals surface area (Å²) in [4.78, 5) is 284. The van der Waals surface area contributed by atoms with Gasteiger partial charge in [0.2, 0.25) is 106 Å². The number of carbonyl (C=O) groups excluding carboxylic acids is 19. The number of primary amides is 1. The van der Waals surface area contributed by atoms with E-state index >= 15 is 28.8 Å². The van der Waals surface area contributed by atoms with Crippen molar-refractivity contribution in [3.05, 3.63) is 114 Å². The van der Waals surface area contributed by atoms with Crippen molar-refractivity contribution in [1.82, 2.24) is 84.7 Å². The van der Waals surface area contributed by atoms with Crippen molar-refractivity contribution in [3.63, 3.8) is 0 Å². The maximum Gasteiger partial charge on any atom is 0.303 e. The van der Waals surface area contributed by atoms with Crippen molar-refractivity contribution in [1.29, 1.82) is 0 Å². The fraction of sp³-hybridized carbons (Fsp3) is 0.576. The smallest absolute Gasteiger partial charge is 0.303 e. The van der Waals surface area contributed by atoms with E-state index < -0.39 is 251 Å². The second kappa shape index (κ2) is 55.6. The van der Waals surface area contributed by atoms with Crippen LogP contribution in [-0.2, 0) is 115 Å². The van der Waals surface area contributed by atoms with E-state index in [1.807, 2.05) is 12.2 Å². The molecule has 1 aliphatic rings. The van der Waals surface area contributed by atoms with Crippen molar-refractivity contribution in [2.45, 2.75) is 329 Å². The number of ketones is 5. The van der Waals surface area contributed by atoms with E-state index in [1.54, 1.807) is 102 Å². The molecule has 40 heteroatoms. The number of aliphatic hydroxyl groups is 1. The van der Waals surface area contributed by atoms with Gasteiger partial charge in [-0.15, -0.1) is 0 Å². The first-order valence-corrected chi connectivity index (χ1v) is 47.5. The molecular formula is C99H145N17O23. The summed E-state index contributed by atoms with van der Waals surface area (Å²) >= 11 is 0. The van der Waals surface area contributed by atoms with E-state index in [1.165, 1.54) is 100 Å². The molecule has 17 atom stereocenters. The van der Waals surface area contributed by atoms with Gasteiger partial charge in [-0.3, -0.25) is 95.9 Å². The number of fused-ring (bicyclic) bond motifs is 1. The number of carbonyl (C=O) groups is 20. The number of aliphatic hydroxyl groups excluding tert-OH is 1. The molecule has 0 bridgehead atoms. The van der Waals surface area contributed by atoms with Crippen LogP contribution >= 0.6 is 0 Å². The van der Waals surface area contributed by atoms with Crippen LogP contribution in [0.3, 0.4) is 0 Å². The molecule has 0 spiro atoms. The third kappa shape index (κ3) is 38.4. The topological polar surface area (TPSA) is 624 Å². The first-order valence-electron chi connectivity index (χ1n) is 47.5. The number of allylic oxidation sites excluding steroid dienone is 2. The predicted octanol–water partition coefficient (Wildman–Crippen LogP) is 2.23. The summed E-state index contributed by atoms with van der Waals surface area (Å²) in [5.74, 6) is -20.3. The molecule has 4 unspecified atom stereocenters. The van der Waals surface area contributed by atoms with Crippen molar-refractivity contribution in [2.75, 3.05) is 13.1 Å². The maximum atomic E-state index is 15.6. The van der Waals surface area contributed by atoms with Gasteiger partial charge in [0.1, 0.15) is 77.0 Å². The summed E-state index contributed by atoms with van der Waals surface area (Å²) in [6.07, 6.45) is 2.92. The first-order chi connectivity index (χ1) is 65.1. The van der Waals surface area contributed by atoms with Crippen LogP contribution in [0.2, 0.25) is 0 Å². The van der Waals surface area contributed by atoms with Gasteiger partial charge < -0.3 is 106 Å². The van der Waals surface area contributed by atoms with Gasteiger partial charge in [-0.1, -0.05) is 134 Å². The molecule has 14 amide bonds. The highest BCUT2D eigenvalue weighted by molar-refractivity contribution is 6.41. The number of amides is 14. The van der Waals surface area contributed by atoms with Gasteiger partial charge in [-0.05, 0) is 180 Å². The Balaban J connectivity index is 1.58. The molecule has 1 aromatic heterocycles. The van der Waals surface area contributed by atoms with Crippen LogP contribution in [0.1, 0.15) is 231 Å². The lowest BCUT2D eigenvalue weighted by Crippen LogP contribution is -2.65. The Morgan fingerprint density at radius 1 is 0.532 bits per heavy atom. The molecule has 0 radical (unpaired) electrons. The van der Waals surface area contributed by atoms with Crippen LogP contribution in [0, 0.1) is 23.2 Å². The van der Waals surface area contributed by atoms with E-state index in [-0.39, 0.29) is 87.8 Å². The zero-order valence-corrected chi connectivity index (χ0v) is 82.8. The number of nitrogens with one attached hydrogen (secondary N) is 16. The Morgan fingerprint density at radius 3 is 1.67 bits per heavy atom. The van der Waals surface area contributed by atoms with E-state index in [4.69, 9.17) is 5.73 Å². The average Bonchev–Trinajstić information content (AvgIpc) is 1.80. The number of para-hydroxylation sites is 1. The minimum Gasteiger partial charge on any atom is -0.508 e. The fourth-order valence-electron chi connectivity index (χ4n) is 15.4. The summed E-state index contributed by atoms with van der Waals surface area (Å²) in [7, 11) is 0. The number of carboxylic acids is 1. The van der Waals surface area contributed by atoms with Crippen molar-refractivity contribution >= 4 is 128 Å². The lowest BCUT2D eigenvalue weighted by Gasteiger charge is -2.34. The molecule has 5 rings (SSSR count). The molecule has 764 valence electrons. The zero-order chi connectivity index (χ0) is 104. The number of aromatic nitrogens is 1. The number of aliphatic carboxylic acids is 1. The van der Waals surface area contributed by atoms with Gasteiger partial charge in [-0.25, -0.2) is 0 Å². The molecular weight excluding hydrogens is 1800 g/mol. The highest BCUT2D eigenvalue weighted by Gasteiger charge is 2.44. The largest absolute Gasteiger partial charge is 0.508 e. The third-order valence-corrected chi connectivity index (χ3v) is 24.4. The van der Waals surface area contributed by atoms with Crippen LogP contribution in [-0.4, -0.2) is 247 Å². The Hall–Kier alpha value is -13.0. The number of Topliss-reactive ketones (excluding diaryl/α,β-unsaturated/α-hetero) is 5. The van der Waals surface area contributed by atoms with Crippen LogP contribution in [0.25, 0.3) is 10.9 Å². The zero-order valence-electron chi connectivity index (χ0n) is 82.8. The van der Waals surface area contributed by atoms with E-state index in [2.05, 4.69) is 84.7 Å². The Labute approximate surface area is 811 Å². The number of carboxylic acid groups (broad SMARTS) is 1. The van der Waals surface area contributed by atoms with Crippen molar-refractivity contribution < 1.29 is 111 Å². The number of aromatic amines is 1. The number of phenolic OH excluding ortho intramolecular Hbond substituents is 1. The fourth-order valence-corrected chi connectivity index (χ4v) is 15.4. The Morgan fingerprint density at radius 2 is 1.09 bits per heavy atom. The molecule has 0 fully saturated rings. The molecule has 2 heterocycles. The number of benzene rings is 3. The van der Waals surface area contributed by atoms with E-state index in [9.17, 15) is 82.4 Å². The monoisotopic (exact) mass is 1940 g/mol. The number of aromatic hydroxyl groups is 1. The number of hydrogen-bond donors (Lipinski definition) is 20. The quantitative estimate of drug-likeness (QED) is 0.0225. The molecule has 139 heavy (non-hydrogen) atoms. The van der Waals surface area contributed by atoms with Gasteiger partial charge in [0.25, 0.3) is 0 Å². The number of hydrogen-bond acceptors (Lipinski definition) is 24. The minimum atomic E-state index is -2.08. The highest BCUT2D eigenvalue weighted by Crippen LogP contribution is 2.26. The molecule has 0 saturated carbocycles. The third-order valence-electron chi connectivity index (χ3n) is 24.4. The molecule has 3 aromatic carbocycles. The molecule has 0 saturated heterocycles. The summed E-state index contributed by atoms with van der Waals surface area (Å²) in [5, 5.41) is 72.1. The number of nitrogens with two attached hydrogens (primary N) is 1. The van der Waals surface area contributed by atoms with Gasteiger partial charge in [-0.2, -0.15) is 0 Å². The predicted molar refractivity (Wildman–Crippen MR) is 516 cm³/mol. The molecule has 4 aromatic rings. The minimum absolute atomic E-state index is 0.0858. The summed E-state index contributed by atoms with van der Waals surface area (Å²) in [5.41, 5.74) is 2.71. The van der Waals surface area contributed by atoms with Crippen LogP contribution in [0.15, 0.2) is 97.2 Å². The van der Waals surface area contributed by atoms with Gasteiger partial charge in [0.05, 0.1) is 36.2 Å². The number of rotatable bonds is 39. The number of phenols is 1. The SMILES string of the molecule is CC(=O)N[C@@H](CC(C)C)C(=O)N[C@H](C(=O)N[C@@H](Cc1ccccc1)C(=O)N[C@]1(C)CCCCCC/C=C/CCC[C@@](C)(C(=O)NC(C)C(=O)N[C@@H](C)C(=O)NC(C)C(=O)N[C@@H](C)C(=O)C(=O)[C@H](C)NCC(C)(C)C(C)=O)NC(=O)[C@H](CC(C)C)CN[C@@H](CCC(N)=O)C(=O)C(=O)C(C)NC(=O)[C@H](Cc2c[nH]c3ccccc23)NC(=O)C(Cc2ccc(O)cc2)NC(=O)[C@H](CCC(=O)O)NC1=O)[C@@H](C)O. The van der Waals surface area contributed by atoms with Crippen LogP contribution < -0.4 is 85.5 Å². The molecule has 0 aliphatic carbocycles. The lowest BCUT2D eigenvalue weighted by atomic mass is 9.88. The van der Waals surface area contributed by atoms with E-state index in [0.717, 1.165) is 0 Å². The van der Waals surface area contributed by atoms with Crippen LogP contribution in [0.4, 0.5) is 0 Å². The summed E-state index contributed by atoms with van der Waals surface area (Å²) < 4.78 is 0. The Kier molecular flexibility index (Phi) is 46.6. The molecule has 40 nitrogen and oxygen atoms in total. The Bertz CT molecular complexity index is 5020. The van der Waals surface area contributed by atoms with Gasteiger partial charge in [0.15, 0.2) is 0 Å². The van der Waals surface area contributed by atoms with Gasteiger partial charge >= 0.3 is 5.97 Å². The standard InChI is InChI=1S/C99H145N17O23/c1-54(2)46-68-52-102-72(40-42-78(100)121)84(127)83(126)58(7)105-90(133)77(50-67-51-101-71-35-29-28-34-70(67)71)111-91(134)75(49-66-36-38-69(120)39-37-66)110-89(132)73(41-43-79(122)123)113-96(139)99(17,116-93(136)76(48-65-32-26-25-27-33-65)112-94(137)80(62(11)117)114-92(135)74(47-55(3)4)109-64(13)119)45-31-24-22-20-18-19-21-23-30-44-98(16,115-88(68)131)95(138)108-61(10)87(130)107-60(9)86(129)106-59(8)85(128)104-57(6)82(125)81(124)56(5)103-53-97(14,15)63(12)118/h19,21,25-29,32-39,51,54-62,68,72-77,80,101-103,117,120H,18,20,22-24,30-31,40-50,52-53H2,1-17H3,(H2,100,121)(H,104,128)(H,105,133)(H,106,129)(H,107,130)(H,108,138)(H,109,119)(H,110,132)(H,111,134)(H,112,137)(H,113,139)(H,114,135)(H,115,131)(H,116,136)(H,122,123)/b21-19+/t56-,57-,58?,59?,60-,61?,62+,68+,72-,73-,74-,75?,76-,77-,80-,98-,99+/m0/s1. The first kappa shape index (κ1) is 117. The second-order valence-electron chi connectivity index (χ2n) is 38.2. The van der Waals surface area contributed by atoms with Gasteiger partial charge in [0, 0.05) is 74.6 Å². The molecule has 21 N–H and O–H groups in total. The second-order valence-corrected chi connectivity index (χ2v) is 38.2. The normalized spacial score (nSPS) is 21.9. The number of H-pyrrole nitrogens is 1. The maximum absolute atomic E-state index is 15.6. The average molecular weight is 1940 g/mol. The summed E-state index contributed by atoms with van der Waals surface area (Å²) in [6.45, 7) is 24.7. The van der Waals surface area contributed by atoms with Crippen LogP contribution in [0.5, 0.6) is 5.75 Å². The highest BCUT2D eigenvalue weighted by atomic mass is 16.4. The lowest BCUT2D eigenvalue weighted by molar-refractivity contribution is -0.140. The summed E-state index contributed by atoms with van der Waals surface area (Å²) in [6, 6.07) is 1.20.